The number of likely N-dealkylation sites (tertiary alicyclic amines) is 1. The Labute approximate surface area is 169 Å². The summed E-state index contributed by atoms with van der Waals surface area (Å²) in [6.45, 7) is 3.38. The van der Waals surface area contributed by atoms with Crippen molar-refractivity contribution in [3.8, 4) is 11.5 Å². The number of carbonyl (C=O) groups excluding carboxylic acids is 1. The first kappa shape index (κ1) is 20.6. The van der Waals surface area contributed by atoms with Crippen LogP contribution in [0.3, 0.4) is 0 Å². The number of hydrogen-bond donors (Lipinski definition) is 1. The summed E-state index contributed by atoms with van der Waals surface area (Å²) in [5.41, 5.74) is 0.526. The SMILES string of the molecule is CCOc1ccc(C(=O)N2CCC(NS(=O)(=O)c3cccs3)CC2)cc1OC. The van der Waals surface area contributed by atoms with Crippen molar-refractivity contribution in [2.75, 3.05) is 26.8 Å². The number of piperidine rings is 1. The van der Waals surface area contributed by atoms with E-state index in [4.69, 9.17) is 9.47 Å². The molecule has 0 atom stereocenters. The predicted molar refractivity (Wildman–Crippen MR) is 108 cm³/mol. The van der Waals surface area contributed by atoms with Gasteiger partial charge in [0.1, 0.15) is 4.21 Å². The number of benzene rings is 1. The van der Waals surface area contributed by atoms with E-state index in [0.717, 1.165) is 0 Å². The predicted octanol–water partition coefficient (Wildman–Crippen LogP) is 2.74. The molecule has 1 saturated heterocycles. The molecule has 0 radical (unpaired) electrons. The highest BCUT2D eigenvalue weighted by atomic mass is 32.2. The molecule has 1 aromatic heterocycles. The second-order valence-corrected chi connectivity index (χ2v) is 9.31. The second kappa shape index (κ2) is 8.93. The number of methoxy groups -OCH3 is 1. The number of carbonyl (C=O) groups is 1. The Morgan fingerprint density at radius 1 is 1.25 bits per heavy atom. The van der Waals surface area contributed by atoms with Gasteiger partial charge in [-0.2, -0.15) is 0 Å². The molecule has 1 aliphatic rings. The van der Waals surface area contributed by atoms with E-state index in [2.05, 4.69) is 4.72 Å². The molecule has 3 rings (SSSR count). The van der Waals surface area contributed by atoms with E-state index < -0.39 is 10.0 Å². The van der Waals surface area contributed by atoms with E-state index in [0.29, 0.717) is 53.8 Å². The smallest absolute Gasteiger partial charge is 0.253 e. The van der Waals surface area contributed by atoms with Gasteiger partial charge < -0.3 is 14.4 Å². The molecule has 0 spiro atoms. The minimum absolute atomic E-state index is 0.0964. The van der Waals surface area contributed by atoms with Gasteiger partial charge in [-0.1, -0.05) is 6.07 Å². The van der Waals surface area contributed by atoms with Gasteiger partial charge in [-0.15, -0.1) is 11.3 Å². The van der Waals surface area contributed by atoms with Gasteiger partial charge in [0.25, 0.3) is 5.91 Å². The molecule has 0 aliphatic carbocycles. The van der Waals surface area contributed by atoms with Crippen molar-refractivity contribution in [1.82, 2.24) is 9.62 Å². The van der Waals surface area contributed by atoms with E-state index in [1.165, 1.54) is 18.4 Å². The molecule has 9 heteroatoms. The Morgan fingerprint density at radius 2 is 2.00 bits per heavy atom. The Bertz CT molecular complexity index is 904. The van der Waals surface area contributed by atoms with Crippen molar-refractivity contribution in [1.29, 1.82) is 0 Å². The Kier molecular flexibility index (Phi) is 6.58. The molecule has 1 aliphatic heterocycles. The molecule has 1 aromatic carbocycles. The van der Waals surface area contributed by atoms with Gasteiger partial charge in [-0.05, 0) is 49.4 Å². The number of ether oxygens (including phenoxy) is 2. The highest BCUT2D eigenvalue weighted by Crippen LogP contribution is 2.29. The normalized spacial score (nSPS) is 15.4. The number of rotatable bonds is 7. The van der Waals surface area contributed by atoms with E-state index >= 15 is 0 Å². The lowest BCUT2D eigenvalue weighted by atomic mass is 10.0. The highest BCUT2D eigenvalue weighted by molar-refractivity contribution is 7.91. The number of nitrogens with one attached hydrogen (secondary N) is 1. The first-order valence-corrected chi connectivity index (χ1v) is 11.5. The highest BCUT2D eigenvalue weighted by Gasteiger charge is 2.28. The van der Waals surface area contributed by atoms with E-state index in [-0.39, 0.29) is 11.9 Å². The van der Waals surface area contributed by atoms with Gasteiger partial charge in [0.15, 0.2) is 11.5 Å². The van der Waals surface area contributed by atoms with Crippen molar-refractivity contribution in [2.24, 2.45) is 0 Å². The van der Waals surface area contributed by atoms with Crippen LogP contribution in [0.15, 0.2) is 39.9 Å². The van der Waals surface area contributed by atoms with Crippen LogP contribution in [0.25, 0.3) is 0 Å². The number of thiophene rings is 1. The summed E-state index contributed by atoms with van der Waals surface area (Å²) in [4.78, 5) is 14.5. The van der Waals surface area contributed by atoms with Gasteiger partial charge in [-0.3, -0.25) is 4.79 Å². The maximum absolute atomic E-state index is 12.8. The molecule has 7 nitrogen and oxygen atoms in total. The van der Waals surface area contributed by atoms with Crippen LogP contribution >= 0.6 is 11.3 Å². The summed E-state index contributed by atoms with van der Waals surface area (Å²) in [7, 11) is -1.95. The molecular formula is C19H24N2O5S2. The van der Waals surface area contributed by atoms with Gasteiger partial charge in [0.05, 0.1) is 13.7 Å². The molecular weight excluding hydrogens is 400 g/mol. The van der Waals surface area contributed by atoms with Gasteiger partial charge in [0, 0.05) is 24.7 Å². The van der Waals surface area contributed by atoms with Crippen LogP contribution in [0.5, 0.6) is 11.5 Å². The Morgan fingerprint density at radius 3 is 2.61 bits per heavy atom. The summed E-state index contributed by atoms with van der Waals surface area (Å²) >= 11 is 1.19. The van der Waals surface area contributed by atoms with Crippen molar-refractivity contribution >= 4 is 27.3 Å². The molecule has 1 fully saturated rings. The topological polar surface area (TPSA) is 84.9 Å². The third-order valence-electron chi connectivity index (χ3n) is 4.57. The van der Waals surface area contributed by atoms with Gasteiger partial charge >= 0.3 is 0 Å². The van der Waals surface area contributed by atoms with Crippen LogP contribution in [0.2, 0.25) is 0 Å². The number of amides is 1. The van der Waals surface area contributed by atoms with Crippen molar-refractivity contribution < 1.29 is 22.7 Å². The summed E-state index contributed by atoms with van der Waals surface area (Å²) in [6, 6.07) is 8.26. The van der Waals surface area contributed by atoms with Crippen LogP contribution < -0.4 is 14.2 Å². The van der Waals surface area contributed by atoms with Crippen molar-refractivity contribution in [3.05, 3.63) is 41.3 Å². The summed E-state index contributed by atoms with van der Waals surface area (Å²) in [5, 5.41) is 1.74. The molecule has 152 valence electrons. The van der Waals surface area contributed by atoms with Crippen LogP contribution in [0.1, 0.15) is 30.1 Å². The summed E-state index contributed by atoms with van der Waals surface area (Å²) < 4.78 is 38.5. The van der Waals surface area contributed by atoms with Crippen LogP contribution in [-0.4, -0.2) is 52.1 Å². The third-order valence-corrected chi connectivity index (χ3v) is 7.49. The van der Waals surface area contributed by atoms with Crippen molar-refractivity contribution in [3.63, 3.8) is 0 Å². The monoisotopic (exact) mass is 424 g/mol. The number of nitrogens with zero attached hydrogens (tertiary/aromatic N) is 1. The van der Waals surface area contributed by atoms with Crippen LogP contribution in [0.4, 0.5) is 0 Å². The zero-order valence-corrected chi connectivity index (χ0v) is 17.5. The molecule has 0 unspecified atom stereocenters. The van der Waals surface area contributed by atoms with Gasteiger partial charge in [-0.25, -0.2) is 13.1 Å². The Balaban J connectivity index is 1.61. The minimum Gasteiger partial charge on any atom is -0.493 e. The lowest BCUT2D eigenvalue weighted by molar-refractivity contribution is 0.0711. The average molecular weight is 425 g/mol. The molecule has 28 heavy (non-hydrogen) atoms. The quantitative estimate of drug-likeness (QED) is 0.739. The van der Waals surface area contributed by atoms with Gasteiger partial charge in [0.2, 0.25) is 10.0 Å². The first-order chi connectivity index (χ1) is 13.4. The fraction of sp³-hybridized carbons (Fsp3) is 0.421. The molecule has 1 N–H and O–H groups in total. The summed E-state index contributed by atoms with van der Waals surface area (Å²) in [5.74, 6) is 1.02. The lowest BCUT2D eigenvalue weighted by Gasteiger charge is -2.32. The maximum atomic E-state index is 12.8. The molecule has 2 heterocycles. The Hall–Kier alpha value is -2.10. The van der Waals surface area contributed by atoms with Crippen LogP contribution in [-0.2, 0) is 10.0 Å². The number of sulfonamides is 1. The standard InChI is InChI=1S/C19H24N2O5S2/c1-3-26-16-7-6-14(13-17(16)25-2)19(22)21-10-8-15(9-11-21)20-28(23,24)18-5-4-12-27-18/h4-7,12-13,15,20H,3,8-11H2,1-2H3. The van der Waals surface area contributed by atoms with Crippen molar-refractivity contribution in [2.45, 2.75) is 30.0 Å². The largest absolute Gasteiger partial charge is 0.493 e. The second-order valence-electron chi connectivity index (χ2n) is 6.42. The lowest BCUT2D eigenvalue weighted by Crippen LogP contribution is -2.46. The maximum Gasteiger partial charge on any atom is 0.253 e. The van der Waals surface area contributed by atoms with E-state index in [1.54, 1.807) is 40.6 Å². The first-order valence-electron chi connectivity index (χ1n) is 9.10. The molecule has 0 saturated carbocycles. The average Bonchev–Trinajstić information content (AvgIpc) is 3.24. The molecule has 2 aromatic rings. The zero-order chi connectivity index (χ0) is 20.1. The van der Waals surface area contributed by atoms with E-state index in [9.17, 15) is 13.2 Å². The third kappa shape index (κ3) is 4.65. The molecule has 0 bridgehead atoms. The fourth-order valence-corrected chi connectivity index (χ4v) is 5.47. The van der Waals surface area contributed by atoms with E-state index in [1.807, 2.05) is 6.92 Å². The molecule has 1 amide bonds. The number of hydrogen-bond acceptors (Lipinski definition) is 6. The summed E-state index contributed by atoms with van der Waals surface area (Å²) in [6.07, 6.45) is 1.15. The fourth-order valence-electron chi connectivity index (χ4n) is 3.15. The van der Waals surface area contributed by atoms with Crippen LogP contribution in [0, 0.1) is 0 Å². The zero-order valence-electron chi connectivity index (χ0n) is 15.9. The minimum atomic E-state index is -3.49.